The number of hydrogen-bond donors (Lipinski definition) is 2. The van der Waals surface area contributed by atoms with E-state index >= 15 is 0 Å². The topological polar surface area (TPSA) is 119 Å². The largest absolute Gasteiger partial charge is 0.490 e. The predicted molar refractivity (Wildman–Crippen MR) is 139 cm³/mol. The lowest BCUT2D eigenvalue weighted by Gasteiger charge is -2.30. The Hall–Kier alpha value is -2.26. The Morgan fingerprint density at radius 1 is 1.00 bits per heavy atom. The lowest BCUT2D eigenvalue weighted by atomic mass is 10.1. The Morgan fingerprint density at radius 3 is 2.13 bits per heavy atom. The number of nitrogens with one attached hydrogen (secondary N) is 1. The summed E-state index contributed by atoms with van der Waals surface area (Å²) in [6.45, 7) is 13.4. The number of carbonyl (C=O) groups excluding carboxylic acids is 1. The molecule has 0 bridgehead atoms. The van der Waals surface area contributed by atoms with Crippen molar-refractivity contribution in [3.8, 4) is 0 Å². The van der Waals surface area contributed by atoms with Crippen molar-refractivity contribution in [2.45, 2.75) is 44.7 Å². The molecule has 1 amide bonds. The minimum Gasteiger partial charge on any atom is -0.475 e. The molecule has 2 heterocycles. The zero-order valence-corrected chi connectivity index (χ0v) is 23.5. The zero-order chi connectivity index (χ0) is 29.2. The van der Waals surface area contributed by atoms with Crippen LogP contribution in [0.4, 0.5) is 13.2 Å². The summed E-state index contributed by atoms with van der Waals surface area (Å²) in [7, 11) is -3.69. The van der Waals surface area contributed by atoms with Crippen molar-refractivity contribution < 1.29 is 41.0 Å². The van der Waals surface area contributed by atoms with Gasteiger partial charge in [0.2, 0.25) is 15.9 Å². The number of sulfonamides is 1. The molecule has 2 aliphatic rings. The van der Waals surface area contributed by atoms with Crippen LogP contribution in [-0.4, -0.2) is 118 Å². The number of carboxylic acid groups (broad SMARTS) is 1. The second kappa shape index (κ2) is 14.9. The number of morpholine rings is 1. The Bertz CT molecular complexity index is 1070. The van der Waals surface area contributed by atoms with Crippen molar-refractivity contribution >= 4 is 21.9 Å². The van der Waals surface area contributed by atoms with Gasteiger partial charge >= 0.3 is 12.1 Å². The normalized spacial score (nSPS) is 17.1. The summed E-state index contributed by atoms with van der Waals surface area (Å²) in [5.41, 5.74) is 2.79. The van der Waals surface area contributed by atoms with Crippen molar-refractivity contribution in [3.63, 3.8) is 0 Å². The fourth-order valence-electron chi connectivity index (χ4n) is 4.29. The van der Waals surface area contributed by atoms with Gasteiger partial charge in [0, 0.05) is 58.8 Å². The second-order valence-electron chi connectivity index (χ2n) is 9.60. The molecule has 2 aliphatic heterocycles. The van der Waals surface area contributed by atoms with Gasteiger partial charge in [-0.05, 0) is 56.5 Å². The lowest BCUT2D eigenvalue weighted by molar-refractivity contribution is -0.192. The third kappa shape index (κ3) is 10.3. The number of amides is 1. The number of ether oxygens (including phenoxy) is 1. The molecule has 2 N–H and O–H groups in total. The molecule has 39 heavy (non-hydrogen) atoms. The van der Waals surface area contributed by atoms with Crippen LogP contribution in [0.1, 0.15) is 29.5 Å². The number of carboxylic acids is 1. The van der Waals surface area contributed by atoms with Crippen LogP contribution < -0.4 is 5.32 Å². The SMILES string of the molecule is Cc1cc(C)c(S(=O)(=O)N(CCCN2CCOCC2)CCC(=O)N2CCNCC2)cc1C.O=C(O)C(F)(F)F. The Kier molecular flexibility index (Phi) is 12.6. The van der Waals surface area contributed by atoms with Crippen LogP contribution in [0.3, 0.4) is 0 Å². The number of carbonyl (C=O) groups is 2. The van der Waals surface area contributed by atoms with E-state index in [1.165, 1.54) is 4.31 Å². The third-order valence-electron chi connectivity index (χ3n) is 6.68. The summed E-state index contributed by atoms with van der Waals surface area (Å²) < 4.78 is 65.9. The highest BCUT2D eigenvalue weighted by molar-refractivity contribution is 7.89. The zero-order valence-electron chi connectivity index (χ0n) is 22.7. The molecule has 0 saturated carbocycles. The first-order valence-electron chi connectivity index (χ1n) is 12.9. The first-order valence-corrected chi connectivity index (χ1v) is 14.3. The number of piperazine rings is 1. The van der Waals surface area contributed by atoms with Gasteiger partial charge in [-0.25, -0.2) is 13.2 Å². The van der Waals surface area contributed by atoms with Gasteiger partial charge < -0.3 is 20.1 Å². The quantitative estimate of drug-likeness (QED) is 0.454. The van der Waals surface area contributed by atoms with E-state index in [9.17, 15) is 26.4 Å². The molecule has 1 aromatic carbocycles. The van der Waals surface area contributed by atoms with Crippen LogP contribution in [-0.2, 0) is 24.3 Å². The van der Waals surface area contributed by atoms with E-state index < -0.39 is 22.2 Å². The number of aliphatic carboxylic acids is 1. The molecule has 0 aromatic heterocycles. The van der Waals surface area contributed by atoms with E-state index in [4.69, 9.17) is 14.6 Å². The number of hydrogen-bond acceptors (Lipinski definition) is 7. The van der Waals surface area contributed by atoms with Gasteiger partial charge in [-0.1, -0.05) is 6.07 Å². The Balaban J connectivity index is 0.000000673. The van der Waals surface area contributed by atoms with Crippen LogP contribution in [0, 0.1) is 20.8 Å². The monoisotopic (exact) mass is 580 g/mol. The first-order chi connectivity index (χ1) is 18.2. The number of halogens is 3. The summed E-state index contributed by atoms with van der Waals surface area (Å²) >= 11 is 0. The number of nitrogens with zero attached hydrogens (tertiary/aromatic N) is 3. The average molecular weight is 581 g/mol. The highest BCUT2D eigenvalue weighted by Crippen LogP contribution is 2.24. The van der Waals surface area contributed by atoms with E-state index in [1.54, 1.807) is 6.07 Å². The molecule has 0 unspecified atom stereocenters. The molecule has 0 atom stereocenters. The molecule has 3 rings (SSSR count). The molecule has 0 aliphatic carbocycles. The molecular formula is C25H39F3N4O6S. The van der Waals surface area contributed by atoms with Gasteiger partial charge in [0.05, 0.1) is 18.1 Å². The number of alkyl halides is 3. The molecule has 2 saturated heterocycles. The van der Waals surface area contributed by atoms with Crippen LogP contribution in [0.2, 0.25) is 0 Å². The van der Waals surface area contributed by atoms with Crippen LogP contribution in [0.15, 0.2) is 17.0 Å². The first kappa shape index (κ1) is 32.9. The lowest BCUT2D eigenvalue weighted by Crippen LogP contribution is -2.47. The summed E-state index contributed by atoms with van der Waals surface area (Å²) in [4.78, 5) is 26.1. The number of rotatable bonds is 9. The molecular weight excluding hydrogens is 541 g/mol. The summed E-state index contributed by atoms with van der Waals surface area (Å²) in [5, 5.41) is 10.4. The Morgan fingerprint density at radius 2 is 1.56 bits per heavy atom. The van der Waals surface area contributed by atoms with E-state index in [2.05, 4.69) is 10.2 Å². The smallest absolute Gasteiger partial charge is 0.475 e. The second-order valence-corrected chi connectivity index (χ2v) is 11.5. The van der Waals surface area contributed by atoms with Crippen molar-refractivity contribution in [2.75, 3.05) is 72.1 Å². The molecule has 14 heteroatoms. The van der Waals surface area contributed by atoms with Gasteiger partial charge in [-0.3, -0.25) is 9.69 Å². The van der Waals surface area contributed by atoms with Gasteiger partial charge in [-0.2, -0.15) is 17.5 Å². The highest BCUT2D eigenvalue weighted by atomic mass is 32.2. The molecule has 10 nitrogen and oxygen atoms in total. The van der Waals surface area contributed by atoms with Crippen molar-refractivity contribution in [2.24, 2.45) is 0 Å². The van der Waals surface area contributed by atoms with Gasteiger partial charge in [-0.15, -0.1) is 0 Å². The molecule has 2 fully saturated rings. The maximum absolute atomic E-state index is 13.6. The number of benzene rings is 1. The minimum absolute atomic E-state index is 0.0247. The van der Waals surface area contributed by atoms with Gasteiger partial charge in [0.1, 0.15) is 0 Å². The summed E-state index contributed by atoms with van der Waals surface area (Å²) in [6.07, 6.45) is -4.15. The van der Waals surface area contributed by atoms with Gasteiger partial charge in [0.15, 0.2) is 0 Å². The third-order valence-corrected chi connectivity index (χ3v) is 8.72. The highest BCUT2D eigenvalue weighted by Gasteiger charge is 2.38. The van der Waals surface area contributed by atoms with E-state index in [0.29, 0.717) is 24.5 Å². The van der Waals surface area contributed by atoms with Gasteiger partial charge in [0.25, 0.3) is 0 Å². The molecule has 0 spiro atoms. The van der Waals surface area contributed by atoms with E-state index in [-0.39, 0.29) is 18.9 Å². The van der Waals surface area contributed by atoms with Crippen molar-refractivity contribution in [1.29, 1.82) is 0 Å². The average Bonchev–Trinajstić information content (AvgIpc) is 2.88. The number of aryl methyl sites for hydroxylation is 3. The fraction of sp³-hybridized carbons (Fsp3) is 0.680. The maximum atomic E-state index is 13.6. The predicted octanol–water partition coefficient (Wildman–Crippen LogP) is 1.78. The maximum Gasteiger partial charge on any atom is 0.490 e. The minimum atomic E-state index is -5.08. The van der Waals surface area contributed by atoms with Crippen molar-refractivity contribution in [3.05, 3.63) is 28.8 Å². The Labute approximate surface area is 228 Å². The molecule has 222 valence electrons. The molecule has 0 radical (unpaired) electrons. The molecule has 1 aromatic rings. The summed E-state index contributed by atoms with van der Waals surface area (Å²) in [6, 6.07) is 3.70. The summed E-state index contributed by atoms with van der Waals surface area (Å²) in [5.74, 6) is -2.73. The fourth-order valence-corrected chi connectivity index (χ4v) is 6.06. The van der Waals surface area contributed by atoms with E-state index in [0.717, 1.165) is 69.0 Å². The standard InChI is InChI=1S/C23H38N4O4S.C2HF3O2/c1-19-17-21(3)22(18-20(19)2)32(29,30)27(9-4-8-25-13-15-31-16-14-25)10-5-23(28)26-11-6-24-7-12-26;3-2(4,5)1(6)7/h17-18,24H,4-16H2,1-3H3;(H,6,7). The van der Waals surface area contributed by atoms with Crippen LogP contribution >= 0.6 is 0 Å². The van der Waals surface area contributed by atoms with Crippen LogP contribution in [0.25, 0.3) is 0 Å². The van der Waals surface area contributed by atoms with Crippen LogP contribution in [0.5, 0.6) is 0 Å². The van der Waals surface area contributed by atoms with E-state index in [1.807, 2.05) is 31.7 Å². The van der Waals surface area contributed by atoms with Crippen molar-refractivity contribution in [1.82, 2.24) is 19.4 Å².